The molecular weight excluding hydrogens is 257 g/mol. The number of hydrogen-bond donors (Lipinski definition) is 0. The van der Waals surface area contributed by atoms with Crippen LogP contribution < -0.4 is 4.90 Å². The molecule has 0 saturated carbocycles. The molecule has 0 unspecified atom stereocenters. The van der Waals surface area contributed by atoms with Crippen molar-refractivity contribution in [3.63, 3.8) is 0 Å². The first kappa shape index (κ1) is 13.0. The Morgan fingerprint density at radius 3 is 2.44 bits per heavy atom. The topological polar surface area (TPSA) is 54.5 Å². The molecule has 1 aromatic rings. The summed E-state index contributed by atoms with van der Waals surface area (Å²) in [7, 11) is -3.02. The van der Waals surface area contributed by atoms with E-state index in [0.29, 0.717) is 5.56 Å². The summed E-state index contributed by atoms with van der Waals surface area (Å²) in [4.78, 5) is 13.1. The highest BCUT2D eigenvalue weighted by molar-refractivity contribution is 7.91. The largest absolute Gasteiger partial charge is 0.367 e. The average Bonchev–Trinajstić information content (AvgIpc) is 2.29. The zero-order valence-electron chi connectivity index (χ0n) is 10.0. The average molecular weight is 271 g/mol. The number of ketones is 1. The Bertz CT molecular complexity index is 569. The number of para-hydroxylation sites is 1. The van der Waals surface area contributed by atoms with Gasteiger partial charge in [0.25, 0.3) is 0 Å². The minimum absolute atomic E-state index is 0.00131. The van der Waals surface area contributed by atoms with Gasteiger partial charge in [-0.05, 0) is 19.1 Å². The number of nitrogens with zero attached hydrogens (tertiary/aromatic N) is 1. The maximum Gasteiger partial charge on any atom is 0.161 e. The molecule has 0 aromatic heterocycles. The predicted molar refractivity (Wildman–Crippen MR) is 67.3 cm³/mol. The lowest BCUT2D eigenvalue weighted by Gasteiger charge is -2.30. The Kier molecular flexibility index (Phi) is 3.38. The molecule has 4 nitrogen and oxygen atoms in total. The summed E-state index contributed by atoms with van der Waals surface area (Å²) >= 11 is 0. The smallest absolute Gasteiger partial charge is 0.161 e. The molecule has 0 bridgehead atoms. The molecular formula is C12H14FNO3S. The highest BCUT2D eigenvalue weighted by atomic mass is 32.2. The minimum Gasteiger partial charge on any atom is -0.367 e. The van der Waals surface area contributed by atoms with Crippen molar-refractivity contribution < 1.29 is 17.6 Å². The van der Waals surface area contributed by atoms with E-state index < -0.39 is 15.7 Å². The molecule has 98 valence electrons. The monoisotopic (exact) mass is 271 g/mol. The number of sulfone groups is 1. The van der Waals surface area contributed by atoms with Gasteiger partial charge in [-0.3, -0.25) is 4.79 Å². The summed E-state index contributed by atoms with van der Waals surface area (Å²) in [5, 5.41) is 0. The molecule has 1 saturated heterocycles. The number of benzene rings is 1. The van der Waals surface area contributed by atoms with E-state index in [1.54, 1.807) is 11.0 Å². The maximum atomic E-state index is 13.8. The van der Waals surface area contributed by atoms with Crippen molar-refractivity contribution in [3.8, 4) is 0 Å². The lowest BCUT2D eigenvalue weighted by molar-refractivity contribution is 0.101. The second kappa shape index (κ2) is 4.68. The number of halogens is 1. The first-order chi connectivity index (χ1) is 8.41. The normalized spacial score (nSPS) is 18.7. The molecule has 1 aliphatic rings. The van der Waals surface area contributed by atoms with Crippen LogP contribution in [0.25, 0.3) is 0 Å². The van der Waals surface area contributed by atoms with Gasteiger partial charge in [-0.2, -0.15) is 0 Å². The van der Waals surface area contributed by atoms with E-state index in [1.165, 1.54) is 19.1 Å². The van der Waals surface area contributed by atoms with Crippen LogP contribution in [-0.2, 0) is 9.84 Å². The Labute approximate surface area is 105 Å². The van der Waals surface area contributed by atoms with E-state index >= 15 is 0 Å². The third-order valence-corrected chi connectivity index (χ3v) is 4.64. The second-order valence-electron chi connectivity index (χ2n) is 4.33. The summed E-state index contributed by atoms with van der Waals surface area (Å²) in [6, 6.07) is 4.32. The van der Waals surface area contributed by atoms with Crippen molar-refractivity contribution in [2.45, 2.75) is 6.92 Å². The molecule has 0 spiro atoms. The molecule has 1 aromatic carbocycles. The number of Topliss-reactive ketones (excluding diaryl/α,β-unsaturated/α-hetero) is 1. The lowest BCUT2D eigenvalue weighted by Crippen LogP contribution is -2.41. The van der Waals surface area contributed by atoms with Gasteiger partial charge >= 0.3 is 0 Å². The van der Waals surface area contributed by atoms with Gasteiger partial charge < -0.3 is 4.90 Å². The predicted octanol–water partition coefficient (Wildman–Crippen LogP) is 1.26. The fourth-order valence-electron chi connectivity index (χ4n) is 2.06. The molecule has 1 heterocycles. The van der Waals surface area contributed by atoms with Crippen molar-refractivity contribution in [1.82, 2.24) is 0 Å². The highest BCUT2D eigenvalue weighted by Crippen LogP contribution is 2.26. The fraction of sp³-hybridized carbons (Fsp3) is 0.417. The van der Waals surface area contributed by atoms with E-state index in [9.17, 15) is 17.6 Å². The summed E-state index contributed by atoms with van der Waals surface area (Å²) in [5.74, 6) is -0.711. The van der Waals surface area contributed by atoms with Crippen LogP contribution in [0.5, 0.6) is 0 Å². The van der Waals surface area contributed by atoms with Crippen LogP contribution in [0.1, 0.15) is 17.3 Å². The van der Waals surface area contributed by atoms with Crippen LogP contribution in [-0.4, -0.2) is 38.8 Å². The van der Waals surface area contributed by atoms with Gasteiger partial charge in [0.2, 0.25) is 0 Å². The van der Waals surface area contributed by atoms with Crippen LogP contribution in [0.2, 0.25) is 0 Å². The Morgan fingerprint density at radius 2 is 1.89 bits per heavy atom. The number of carbonyl (C=O) groups excluding carboxylic acids is 1. The van der Waals surface area contributed by atoms with Crippen LogP contribution in [0.4, 0.5) is 10.1 Å². The second-order valence-corrected chi connectivity index (χ2v) is 6.63. The van der Waals surface area contributed by atoms with Gasteiger partial charge in [0, 0.05) is 18.7 Å². The van der Waals surface area contributed by atoms with Gasteiger partial charge in [0.1, 0.15) is 5.82 Å². The maximum absolute atomic E-state index is 13.8. The molecule has 0 aliphatic carbocycles. The van der Waals surface area contributed by atoms with Crippen LogP contribution in [0, 0.1) is 5.82 Å². The summed E-state index contributed by atoms with van der Waals surface area (Å²) in [6.45, 7) is 1.83. The zero-order chi connectivity index (χ0) is 13.3. The molecule has 1 aliphatic heterocycles. The molecule has 6 heteroatoms. The standard InChI is InChI=1S/C12H14FNO3S/c1-9(15)10-3-2-4-11(13)12(10)14-5-7-18(16,17)8-6-14/h2-4H,5-8H2,1H3. The van der Waals surface area contributed by atoms with Crippen molar-refractivity contribution >= 4 is 21.3 Å². The number of carbonyl (C=O) groups is 1. The van der Waals surface area contributed by atoms with Crippen LogP contribution >= 0.6 is 0 Å². The van der Waals surface area contributed by atoms with Crippen molar-refractivity contribution in [1.29, 1.82) is 0 Å². The summed E-state index contributed by atoms with van der Waals surface area (Å²) in [6.07, 6.45) is 0. The summed E-state index contributed by atoms with van der Waals surface area (Å²) in [5.41, 5.74) is 0.522. The fourth-order valence-corrected chi connectivity index (χ4v) is 3.26. The molecule has 0 radical (unpaired) electrons. The number of hydrogen-bond acceptors (Lipinski definition) is 4. The SMILES string of the molecule is CC(=O)c1cccc(F)c1N1CCS(=O)(=O)CC1. The van der Waals surface area contributed by atoms with E-state index in [0.717, 1.165) is 0 Å². The summed E-state index contributed by atoms with van der Waals surface area (Å²) < 4.78 is 36.5. The van der Waals surface area contributed by atoms with Crippen molar-refractivity contribution in [3.05, 3.63) is 29.6 Å². The highest BCUT2D eigenvalue weighted by Gasteiger charge is 2.26. The Hall–Kier alpha value is -1.43. The van der Waals surface area contributed by atoms with Gasteiger partial charge in [0.05, 0.1) is 17.2 Å². The van der Waals surface area contributed by atoms with E-state index in [1.807, 2.05) is 0 Å². The third kappa shape index (κ3) is 2.53. The molecule has 18 heavy (non-hydrogen) atoms. The van der Waals surface area contributed by atoms with Gasteiger partial charge in [-0.1, -0.05) is 6.07 Å². The van der Waals surface area contributed by atoms with Crippen molar-refractivity contribution in [2.24, 2.45) is 0 Å². The van der Waals surface area contributed by atoms with Crippen molar-refractivity contribution in [2.75, 3.05) is 29.5 Å². The zero-order valence-corrected chi connectivity index (χ0v) is 10.8. The number of rotatable bonds is 2. The molecule has 0 N–H and O–H groups in total. The molecule has 2 rings (SSSR count). The first-order valence-corrected chi connectivity index (χ1v) is 7.48. The van der Waals surface area contributed by atoms with E-state index in [-0.39, 0.29) is 36.1 Å². The minimum atomic E-state index is -3.02. The van der Waals surface area contributed by atoms with E-state index in [4.69, 9.17) is 0 Å². The quantitative estimate of drug-likeness (QED) is 0.760. The first-order valence-electron chi connectivity index (χ1n) is 5.65. The lowest BCUT2D eigenvalue weighted by atomic mass is 10.1. The van der Waals surface area contributed by atoms with Gasteiger partial charge in [0.15, 0.2) is 15.6 Å². The van der Waals surface area contributed by atoms with Gasteiger partial charge in [-0.25, -0.2) is 12.8 Å². The van der Waals surface area contributed by atoms with Gasteiger partial charge in [-0.15, -0.1) is 0 Å². The van der Waals surface area contributed by atoms with Crippen LogP contribution in [0.15, 0.2) is 18.2 Å². The molecule has 0 atom stereocenters. The Morgan fingerprint density at radius 1 is 1.28 bits per heavy atom. The van der Waals surface area contributed by atoms with E-state index in [2.05, 4.69) is 0 Å². The number of anilines is 1. The third-order valence-electron chi connectivity index (χ3n) is 3.03. The van der Waals surface area contributed by atoms with Crippen LogP contribution in [0.3, 0.4) is 0 Å². The molecule has 0 amide bonds. The molecule has 1 fully saturated rings. The Balaban J connectivity index is 2.37.